The van der Waals surface area contributed by atoms with Crippen molar-refractivity contribution in [2.75, 3.05) is 6.54 Å². The van der Waals surface area contributed by atoms with Gasteiger partial charge in [0.1, 0.15) is 0 Å². The van der Waals surface area contributed by atoms with Crippen LogP contribution >= 0.6 is 0 Å². The molecule has 6 nitrogen and oxygen atoms in total. The highest BCUT2D eigenvalue weighted by Gasteiger charge is 2.24. The molecule has 0 aliphatic heterocycles. The Hall–Kier alpha value is -0.920. The van der Waals surface area contributed by atoms with E-state index in [2.05, 4.69) is 14.9 Å². The lowest BCUT2D eigenvalue weighted by atomic mass is 9.98. The van der Waals surface area contributed by atoms with Gasteiger partial charge in [-0.25, -0.2) is 13.1 Å². The van der Waals surface area contributed by atoms with E-state index in [0.717, 1.165) is 0 Å². The fourth-order valence-corrected chi connectivity index (χ4v) is 2.76. The molecule has 98 valence electrons. The van der Waals surface area contributed by atoms with E-state index in [1.165, 1.54) is 0 Å². The Morgan fingerprint density at radius 3 is 2.47 bits per heavy atom. The highest BCUT2D eigenvalue weighted by molar-refractivity contribution is 7.89. The molecule has 1 rings (SSSR count). The predicted molar refractivity (Wildman–Crippen MR) is 65.9 cm³/mol. The Bertz CT molecular complexity index is 485. The Morgan fingerprint density at radius 2 is 2.00 bits per heavy atom. The van der Waals surface area contributed by atoms with Gasteiger partial charge in [-0.3, -0.25) is 5.10 Å². The quantitative estimate of drug-likeness (QED) is 0.733. The number of aromatic amines is 1. The van der Waals surface area contributed by atoms with E-state index in [4.69, 9.17) is 5.73 Å². The molecule has 0 fully saturated rings. The molecular formula is C10H20N4O2S. The summed E-state index contributed by atoms with van der Waals surface area (Å²) in [5.74, 6) is 0. The van der Waals surface area contributed by atoms with Crippen LogP contribution < -0.4 is 10.5 Å². The number of hydrogen-bond acceptors (Lipinski definition) is 4. The van der Waals surface area contributed by atoms with Crippen LogP contribution in [0.4, 0.5) is 0 Å². The number of rotatable bonds is 4. The summed E-state index contributed by atoms with van der Waals surface area (Å²) in [5, 5.41) is 6.45. The molecule has 0 unspecified atom stereocenters. The third kappa shape index (κ3) is 3.52. The molecule has 0 aliphatic carbocycles. The SMILES string of the molecule is Cc1[nH]nc(S(=O)(=O)NCC(C)(C)C)c1CN. The molecule has 0 radical (unpaired) electrons. The maximum atomic E-state index is 12.0. The lowest BCUT2D eigenvalue weighted by Gasteiger charge is -2.18. The summed E-state index contributed by atoms with van der Waals surface area (Å²) in [4.78, 5) is 0. The van der Waals surface area contributed by atoms with Crippen molar-refractivity contribution in [3.63, 3.8) is 0 Å². The van der Waals surface area contributed by atoms with Crippen molar-refractivity contribution >= 4 is 10.0 Å². The molecule has 1 aromatic rings. The summed E-state index contributed by atoms with van der Waals surface area (Å²) < 4.78 is 26.6. The molecule has 17 heavy (non-hydrogen) atoms. The average molecular weight is 260 g/mol. The van der Waals surface area contributed by atoms with Gasteiger partial charge in [-0.15, -0.1) is 0 Å². The fraction of sp³-hybridized carbons (Fsp3) is 0.700. The Labute approximate surface area is 102 Å². The molecule has 1 aromatic heterocycles. The second-order valence-corrected chi connectivity index (χ2v) is 6.90. The summed E-state index contributed by atoms with van der Waals surface area (Å²) >= 11 is 0. The minimum absolute atomic E-state index is 0.00162. The lowest BCUT2D eigenvalue weighted by molar-refractivity contribution is 0.407. The van der Waals surface area contributed by atoms with Gasteiger partial charge < -0.3 is 5.73 Å². The van der Waals surface area contributed by atoms with Gasteiger partial charge in [0, 0.05) is 24.3 Å². The van der Waals surface area contributed by atoms with Crippen LogP contribution in [0.15, 0.2) is 5.03 Å². The van der Waals surface area contributed by atoms with E-state index < -0.39 is 10.0 Å². The first kappa shape index (κ1) is 14.1. The van der Waals surface area contributed by atoms with Gasteiger partial charge in [-0.2, -0.15) is 5.10 Å². The normalized spacial score (nSPS) is 13.0. The first-order chi connectivity index (χ1) is 7.67. The number of nitrogens with one attached hydrogen (secondary N) is 2. The topological polar surface area (TPSA) is 101 Å². The Kier molecular flexibility index (Phi) is 3.95. The second-order valence-electron chi connectivity index (χ2n) is 5.22. The first-order valence-corrected chi connectivity index (χ1v) is 6.89. The second kappa shape index (κ2) is 4.75. The van der Waals surface area contributed by atoms with Crippen LogP contribution in [0.25, 0.3) is 0 Å². The van der Waals surface area contributed by atoms with Crippen LogP contribution in [0.5, 0.6) is 0 Å². The van der Waals surface area contributed by atoms with Crippen molar-refractivity contribution in [3.8, 4) is 0 Å². The zero-order chi connectivity index (χ0) is 13.3. The van der Waals surface area contributed by atoms with E-state index in [1.54, 1.807) is 6.92 Å². The minimum atomic E-state index is -3.59. The zero-order valence-corrected chi connectivity index (χ0v) is 11.5. The maximum absolute atomic E-state index is 12.0. The van der Waals surface area contributed by atoms with E-state index >= 15 is 0 Å². The molecule has 0 saturated carbocycles. The largest absolute Gasteiger partial charge is 0.326 e. The van der Waals surface area contributed by atoms with Gasteiger partial charge in [0.15, 0.2) is 5.03 Å². The van der Waals surface area contributed by atoms with Gasteiger partial charge in [0.05, 0.1) is 0 Å². The number of H-pyrrole nitrogens is 1. The van der Waals surface area contributed by atoms with Crippen molar-refractivity contribution in [2.45, 2.75) is 39.3 Å². The van der Waals surface area contributed by atoms with Crippen LogP contribution in [0.2, 0.25) is 0 Å². The number of hydrogen-bond donors (Lipinski definition) is 3. The lowest BCUT2D eigenvalue weighted by Crippen LogP contribution is -2.33. The Morgan fingerprint density at radius 1 is 1.41 bits per heavy atom. The van der Waals surface area contributed by atoms with Crippen molar-refractivity contribution in [1.29, 1.82) is 0 Å². The van der Waals surface area contributed by atoms with Crippen LogP contribution in [-0.4, -0.2) is 25.2 Å². The highest BCUT2D eigenvalue weighted by Crippen LogP contribution is 2.17. The number of aromatic nitrogens is 2. The zero-order valence-electron chi connectivity index (χ0n) is 10.7. The third-order valence-corrected chi connectivity index (χ3v) is 3.66. The molecule has 0 atom stereocenters. The van der Waals surface area contributed by atoms with E-state index in [1.807, 2.05) is 20.8 Å². The number of sulfonamides is 1. The highest BCUT2D eigenvalue weighted by atomic mass is 32.2. The van der Waals surface area contributed by atoms with Crippen molar-refractivity contribution in [2.24, 2.45) is 11.1 Å². The number of aryl methyl sites for hydroxylation is 1. The Balaban J connectivity index is 2.98. The van der Waals surface area contributed by atoms with Gasteiger partial charge >= 0.3 is 0 Å². The van der Waals surface area contributed by atoms with Crippen LogP contribution in [0, 0.1) is 12.3 Å². The summed E-state index contributed by atoms with van der Waals surface area (Å²) in [5.41, 5.74) is 6.62. The van der Waals surface area contributed by atoms with E-state index in [9.17, 15) is 8.42 Å². The molecule has 7 heteroatoms. The minimum Gasteiger partial charge on any atom is -0.326 e. The summed E-state index contributed by atoms with van der Waals surface area (Å²) in [6.07, 6.45) is 0. The predicted octanol–water partition coefficient (Wildman–Crippen LogP) is 0.501. The standard InChI is InChI=1S/C10H20N4O2S/c1-7-8(5-11)9(14-13-7)17(15,16)12-6-10(2,3)4/h12H,5-6,11H2,1-4H3,(H,13,14). The molecule has 0 aromatic carbocycles. The smallest absolute Gasteiger partial charge is 0.260 e. The van der Waals surface area contributed by atoms with Crippen LogP contribution in [0.1, 0.15) is 32.0 Å². The molecule has 1 heterocycles. The molecule has 0 saturated heterocycles. The van der Waals surface area contributed by atoms with E-state index in [-0.39, 0.29) is 17.0 Å². The summed E-state index contributed by atoms with van der Waals surface area (Å²) in [6, 6.07) is 0. The number of nitrogens with two attached hydrogens (primary N) is 1. The third-order valence-electron chi connectivity index (χ3n) is 2.29. The van der Waals surface area contributed by atoms with Crippen molar-refractivity contribution in [3.05, 3.63) is 11.3 Å². The average Bonchev–Trinajstić information content (AvgIpc) is 2.56. The van der Waals surface area contributed by atoms with E-state index in [0.29, 0.717) is 17.8 Å². The monoisotopic (exact) mass is 260 g/mol. The fourth-order valence-electron chi connectivity index (χ4n) is 1.27. The van der Waals surface area contributed by atoms with Gasteiger partial charge in [-0.05, 0) is 12.3 Å². The van der Waals surface area contributed by atoms with Gasteiger partial charge in [0.2, 0.25) is 0 Å². The summed E-state index contributed by atoms with van der Waals surface area (Å²) in [7, 11) is -3.59. The van der Waals surface area contributed by atoms with Gasteiger partial charge in [-0.1, -0.05) is 20.8 Å². The molecule has 4 N–H and O–H groups in total. The maximum Gasteiger partial charge on any atom is 0.260 e. The number of nitrogens with zero attached hydrogens (tertiary/aromatic N) is 1. The first-order valence-electron chi connectivity index (χ1n) is 5.41. The molecular weight excluding hydrogens is 240 g/mol. The van der Waals surface area contributed by atoms with Crippen molar-refractivity contribution in [1.82, 2.24) is 14.9 Å². The van der Waals surface area contributed by atoms with Crippen molar-refractivity contribution < 1.29 is 8.42 Å². The molecule has 0 amide bonds. The van der Waals surface area contributed by atoms with Crippen LogP contribution in [0.3, 0.4) is 0 Å². The van der Waals surface area contributed by atoms with Crippen LogP contribution in [-0.2, 0) is 16.6 Å². The molecule has 0 bridgehead atoms. The molecule has 0 aliphatic rings. The summed E-state index contributed by atoms with van der Waals surface area (Å²) in [6.45, 7) is 8.11. The van der Waals surface area contributed by atoms with Gasteiger partial charge in [0.25, 0.3) is 10.0 Å². The molecule has 0 spiro atoms.